The third kappa shape index (κ3) is 3.54. The lowest BCUT2D eigenvalue weighted by Gasteiger charge is -2.23. The van der Waals surface area contributed by atoms with E-state index in [1.165, 1.54) is 18.3 Å². The van der Waals surface area contributed by atoms with Crippen LogP contribution < -0.4 is 16.6 Å². The molecule has 0 saturated carbocycles. The molecule has 0 spiro atoms. The Balaban J connectivity index is 1.69. The van der Waals surface area contributed by atoms with Crippen LogP contribution in [-0.2, 0) is 11.2 Å². The number of carbonyl (C=O) groups excluding carboxylic acids is 1. The first kappa shape index (κ1) is 18.9. The van der Waals surface area contributed by atoms with Gasteiger partial charge in [0.15, 0.2) is 6.04 Å². The Bertz CT molecular complexity index is 1130. The molecule has 6 nitrogen and oxygen atoms in total. The molecule has 0 bridgehead atoms. The van der Waals surface area contributed by atoms with Crippen molar-refractivity contribution in [2.45, 2.75) is 24.5 Å². The molecule has 1 aliphatic carbocycles. The van der Waals surface area contributed by atoms with Gasteiger partial charge in [0.05, 0.1) is 12.1 Å². The van der Waals surface area contributed by atoms with Crippen LogP contribution in [0.25, 0.3) is 0 Å². The lowest BCUT2D eigenvalue weighted by atomic mass is 10.0. The van der Waals surface area contributed by atoms with Crippen molar-refractivity contribution >= 4 is 5.91 Å². The molecular weight excluding hydrogens is 378 g/mol. The smallest absolute Gasteiger partial charge is 0.267 e. The lowest BCUT2D eigenvalue weighted by molar-refractivity contribution is -0.124. The van der Waals surface area contributed by atoms with Gasteiger partial charge >= 0.3 is 0 Å². The van der Waals surface area contributed by atoms with Gasteiger partial charge in [-0.25, -0.2) is 13.5 Å². The molecule has 3 N–H and O–H groups in total. The topological polar surface area (TPSA) is 90.0 Å². The van der Waals surface area contributed by atoms with Crippen molar-refractivity contribution in [3.05, 3.63) is 99.5 Å². The molecule has 3 atom stereocenters. The molecule has 2 unspecified atom stereocenters. The summed E-state index contributed by atoms with van der Waals surface area (Å²) in [5.74, 6) is -2.38. The maximum Gasteiger partial charge on any atom is 0.267 e. The first-order chi connectivity index (χ1) is 14.0. The number of aromatic nitrogens is 2. The largest absolute Gasteiger partial charge is 0.349 e. The number of nitrogens with two attached hydrogens (primary N) is 1. The Hall–Kier alpha value is -3.39. The van der Waals surface area contributed by atoms with Crippen LogP contribution in [0.3, 0.4) is 0 Å². The van der Waals surface area contributed by atoms with E-state index in [-0.39, 0.29) is 5.56 Å². The highest BCUT2D eigenvalue weighted by molar-refractivity contribution is 5.84. The van der Waals surface area contributed by atoms with Crippen LogP contribution in [-0.4, -0.2) is 21.7 Å². The predicted octanol–water partition coefficient (Wildman–Crippen LogP) is 1.85. The fourth-order valence-corrected chi connectivity index (χ4v) is 3.70. The summed E-state index contributed by atoms with van der Waals surface area (Å²) in [6.07, 6.45) is 1.83. The van der Waals surface area contributed by atoms with Crippen molar-refractivity contribution in [1.82, 2.24) is 15.1 Å². The van der Waals surface area contributed by atoms with Crippen LogP contribution in [0.2, 0.25) is 0 Å². The van der Waals surface area contributed by atoms with E-state index in [4.69, 9.17) is 5.73 Å². The van der Waals surface area contributed by atoms with Crippen molar-refractivity contribution in [3.63, 3.8) is 0 Å². The highest BCUT2D eigenvalue weighted by atomic mass is 19.1. The number of hydrogen-bond donors (Lipinski definition) is 2. The van der Waals surface area contributed by atoms with E-state index in [1.807, 2.05) is 24.3 Å². The number of fused-ring (bicyclic) bond motifs is 1. The molecule has 1 heterocycles. The van der Waals surface area contributed by atoms with Gasteiger partial charge in [-0.05, 0) is 29.7 Å². The van der Waals surface area contributed by atoms with Gasteiger partial charge in [-0.15, -0.1) is 0 Å². The van der Waals surface area contributed by atoms with Crippen LogP contribution >= 0.6 is 0 Å². The standard InChI is InChI=1S/C21H18F2N4O2/c22-13-7-8-15(16(23)11-13)20(27-18(28)6-3-9-25-27)21(29)26-17-10-12-4-1-2-5-14(12)19(17)24/h1-9,11,17,19-20H,10,24H2,(H,26,29)/t17-,19?,20?/m0/s1. The Morgan fingerprint density at radius 3 is 2.69 bits per heavy atom. The van der Waals surface area contributed by atoms with Crippen LogP contribution in [0.5, 0.6) is 0 Å². The summed E-state index contributed by atoms with van der Waals surface area (Å²) in [6.45, 7) is 0. The fraction of sp³-hybridized carbons (Fsp3) is 0.190. The molecule has 148 valence electrons. The van der Waals surface area contributed by atoms with Gasteiger partial charge < -0.3 is 11.1 Å². The molecule has 0 aliphatic heterocycles. The monoisotopic (exact) mass is 396 g/mol. The quantitative estimate of drug-likeness (QED) is 0.704. The van der Waals surface area contributed by atoms with Gasteiger partial charge in [-0.1, -0.05) is 30.3 Å². The summed E-state index contributed by atoms with van der Waals surface area (Å²) in [5, 5.41) is 6.74. The molecule has 1 aromatic heterocycles. The van der Waals surface area contributed by atoms with Crippen LogP contribution in [0.1, 0.15) is 28.8 Å². The normalized spacial score (nSPS) is 18.9. The Morgan fingerprint density at radius 2 is 1.97 bits per heavy atom. The molecule has 1 aliphatic rings. The van der Waals surface area contributed by atoms with Gasteiger partial charge in [0.25, 0.3) is 5.56 Å². The predicted molar refractivity (Wildman–Crippen MR) is 102 cm³/mol. The Kier molecular flexibility index (Phi) is 4.94. The number of halogens is 2. The number of nitrogens with zero attached hydrogens (tertiary/aromatic N) is 2. The third-order valence-corrected chi connectivity index (χ3v) is 5.11. The summed E-state index contributed by atoms with van der Waals surface area (Å²) in [6, 6.07) is 10.8. The molecule has 4 rings (SSSR count). The minimum Gasteiger partial charge on any atom is -0.349 e. The van der Waals surface area contributed by atoms with Gasteiger partial charge in [-0.3, -0.25) is 9.59 Å². The average molecular weight is 396 g/mol. The average Bonchev–Trinajstić information content (AvgIpc) is 3.01. The van der Waals surface area contributed by atoms with E-state index in [9.17, 15) is 18.4 Å². The number of amides is 1. The molecule has 1 amide bonds. The summed E-state index contributed by atoms with van der Waals surface area (Å²) in [7, 11) is 0. The van der Waals surface area contributed by atoms with Crippen molar-refractivity contribution in [3.8, 4) is 0 Å². The number of hydrogen-bond acceptors (Lipinski definition) is 4. The number of nitrogens with one attached hydrogen (secondary N) is 1. The van der Waals surface area contributed by atoms with E-state index >= 15 is 0 Å². The van der Waals surface area contributed by atoms with Gasteiger partial charge in [-0.2, -0.15) is 5.10 Å². The third-order valence-electron chi connectivity index (χ3n) is 5.11. The fourth-order valence-electron chi connectivity index (χ4n) is 3.70. The Labute approximate surface area is 165 Å². The molecular formula is C21H18F2N4O2. The molecule has 0 saturated heterocycles. The van der Waals surface area contributed by atoms with Gasteiger partial charge in [0.1, 0.15) is 11.6 Å². The minimum atomic E-state index is -1.40. The second kappa shape index (κ2) is 7.56. The zero-order valence-corrected chi connectivity index (χ0v) is 15.3. The van der Waals surface area contributed by atoms with Crippen molar-refractivity contribution in [2.24, 2.45) is 5.73 Å². The van der Waals surface area contributed by atoms with E-state index in [0.717, 1.165) is 27.9 Å². The minimum absolute atomic E-state index is 0.159. The zero-order chi connectivity index (χ0) is 20.5. The van der Waals surface area contributed by atoms with E-state index < -0.39 is 41.2 Å². The van der Waals surface area contributed by atoms with Crippen LogP contribution in [0, 0.1) is 11.6 Å². The first-order valence-electron chi connectivity index (χ1n) is 9.08. The Morgan fingerprint density at radius 1 is 1.17 bits per heavy atom. The second-order valence-corrected chi connectivity index (χ2v) is 6.92. The second-order valence-electron chi connectivity index (χ2n) is 6.92. The van der Waals surface area contributed by atoms with E-state index in [1.54, 1.807) is 0 Å². The molecule has 0 fully saturated rings. The van der Waals surface area contributed by atoms with Gasteiger partial charge in [0.2, 0.25) is 5.91 Å². The zero-order valence-electron chi connectivity index (χ0n) is 15.3. The van der Waals surface area contributed by atoms with E-state index in [2.05, 4.69) is 10.4 Å². The van der Waals surface area contributed by atoms with Crippen LogP contribution in [0.4, 0.5) is 8.78 Å². The highest BCUT2D eigenvalue weighted by Crippen LogP contribution is 2.30. The highest BCUT2D eigenvalue weighted by Gasteiger charge is 2.34. The van der Waals surface area contributed by atoms with Crippen molar-refractivity contribution in [1.29, 1.82) is 0 Å². The molecule has 29 heavy (non-hydrogen) atoms. The molecule has 8 heteroatoms. The summed E-state index contributed by atoms with van der Waals surface area (Å²) >= 11 is 0. The summed E-state index contributed by atoms with van der Waals surface area (Å²) in [4.78, 5) is 25.5. The SMILES string of the molecule is NC1c2ccccc2C[C@@H]1NC(=O)C(c1ccc(F)cc1F)n1ncccc1=O. The van der Waals surface area contributed by atoms with E-state index in [0.29, 0.717) is 12.5 Å². The number of benzene rings is 2. The number of rotatable bonds is 4. The first-order valence-corrected chi connectivity index (χ1v) is 9.08. The summed E-state index contributed by atoms with van der Waals surface area (Å²) < 4.78 is 28.8. The number of carbonyl (C=O) groups is 1. The molecule has 2 aromatic carbocycles. The maximum atomic E-state index is 14.5. The van der Waals surface area contributed by atoms with Crippen molar-refractivity contribution in [2.75, 3.05) is 0 Å². The lowest BCUT2D eigenvalue weighted by Crippen LogP contribution is -2.46. The van der Waals surface area contributed by atoms with Crippen LogP contribution in [0.15, 0.2) is 65.6 Å². The molecule has 0 radical (unpaired) electrons. The van der Waals surface area contributed by atoms with Gasteiger partial charge in [0, 0.05) is 23.9 Å². The van der Waals surface area contributed by atoms with Crippen molar-refractivity contribution < 1.29 is 13.6 Å². The molecule has 3 aromatic rings. The maximum absolute atomic E-state index is 14.5. The summed E-state index contributed by atoms with van der Waals surface area (Å²) in [5.41, 5.74) is 7.47.